The van der Waals surface area contributed by atoms with Crippen molar-refractivity contribution < 1.29 is 5.11 Å². The highest BCUT2D eigenvalue weighted by Crippen LogP contribution is 2.24. The van der Waals surface area contributed by atoms with Gasteiger partial charge in [0.05, 0.1) is 21.7 Å². The molecule has 1 heterocycles. The van der Waals surface area contributed by atoms with Gasteiger partial charge in [0.1, 0.15) is 5.75 Å². The van der Waals surface area contributed by atoms with E-state index < -0.39 is 0 Å². The molecule has 0 radical (unpaired) electrons. The molecule has 0 amide bonds. The Labute approximate surface area is 107 Å². The molecule has 3 aromatic rings. The number of phenols is 1. The Morgan fingerprint density at radius 2 is 1.83 bits per heavy atom. The first kappa shape index (κ1) is 10.9. The van der Waals surface area contributed by atoms with Crippen LogP contribution in [-0.2, 0) is 0 Å². The molecule has 0 atom stereocenters. The molecule has 3 rings (SSSR count). The molecule has 0 aliphatic carbocycles. The molecule has 0 saturated carbocycles. The number of H-pyrrole nitrogens is 1. The maximum Gasteiger partial charge on any atom is 0.331 e. The summed E-state index contributed by atoms with van der Waals surface area (Å²) < 4.78 is 1.48. The normalized spacial score (nSPS) is 10.9. The summed E-state index contributed by atoms with van der Waals surface area (Å²) in [5, 5.41) is 9.77. The van der Waals surface area contributed by atoms with Crippen LogP contribution in [0.3, 0.4) is 0 Å². The number of benzene rings is 2. The molecule has 0 fully saturated rings. The third-order valence-corrected chi connectivity index (χ3v) is 3.07. The highest BCUT2D eigenvalue weighted by molar-refractivity contribution is 6.35. The number of hydrogen-bond donors (Lipinski definition) is 2. The number of rotatable bonds is 1. The molecule has 0 aliphatic rings. The monoisotopic (exact) mass is 260 g/mol. The van der Waals surface area contributed by atoms with Crippen molar-refractivity contribution in [3.63, 3.8) is 0 Å². The van der Waals surface area contributed by atoms with Crippen LogP contribution in [0.15, 0.2) is 47.3 Å². The van der Waals surface area contributed by atoms with Crippen molar-refractivity contribution >= 4 is 22.6 Å². The van der Waals surface area contributed by atoms with Crippen LogP contribution in [0.2, 0.25) is 5.02 Å². The van der Waals surface area contributed by atoms with Crippen molar-refractivity contribution in [2.24, 2.45) is 0 Å². The summed E-state index contributed by atoms with van der Waals surface area (Å²) in [6.45, 7) is 0. The smallest absolute Gasteiger partial charge is 0.331 e. The number of fused-ring (bicyclic) bond motifs is 1. The molecule has 1 aromatic heterocycles. The van der Waals surface area contributed by atoms with Gasteiger partial charge in [-0.05, 0) is 36.4 Å². The maximum atomic E-state index is 12.0. The predicted octanol–water partition coefficient (Wildman–Crippen LogP) is 2.68. The largest absolute Gasteiger partial charge is 0.508 e. The molecule has 2 N–H and O–H groups in total. The molecule has 2 aromatic carbocycles. The zero-order chi connectivity index (χ0) is 12.7. The molecule has 0 spiro atoms. The first-order chi connectivity index (χ1) is 8.66. The fraction of sp³-hybridized carbons (Fsp3) is 0. The minimum absolute atomic E-state index is 0.151. The minimum Gasteiger partial charge on any atom is -0.508 e. The lowest BCUT2D eigenvalue weighted by molar-refractivity contribution is 0.475. The van der Waals surface area contributed by atoms with Crippen LogP contribution >= 0.6 is 11.6 Å². The second-order valence-corrected chi connectivity index (χ2v) is 4.33. The van der Waals surface area contributed by atoms with Crippen molar-refractivity contribution in [2.45, 2.75) is 0 Å². The second-order valence-electron chi connectivity index (χ2n) is 3.92. The molecule has 0 unspecified atom stereocenters. The summed E-state index contributed by atoms with van der Waals surface area (Å²) in [6, 6.07) is 11.7. The topological polar surface area (TPSA) is 58.0 Å². The average molecular weight is 261 g/mol. The number of phenolic OH excluding ortho intramolecular Hbond substituents is 1. The van der Waals surface area contributed by atoms with Gasteiger partial charge in [-0.25, -0.2) is 4.79 Å². The molecule has 5 heteroatoms. The van der Waals surface area contributed by atoms with Gasteiger partial charge < -0.3 is 10.1 Å². The second kappa shape index (κ2) is 3.92. The molecular formula is C13H9ClN2O2. The molecule has 90 valence electrons. The third-order valence-electron chi connectivity index (χ3n) is 2.76. The van der Waals surface area contributed by atoms with Crippen LogP contribution in [0.4, 0.5) is 0 Å². The van der Waals surface area contributed by atoms with Gasteiger partial charge in [-0.3, -0.25) is 4.57 Å². The summed E-state index contributed by atoms with van der Waals surface area (Å²) in [7, 11) is 0. The predicted molar refractivity (Wildman–Crippen MR) is 70.6 cm³/mol. The number of nitrogens with one attached hydrogen (secondary N) is 1. The van der Waals surface area contributed by atoms with Crippen molar-refractivity contribution in [3.05, 3.63) is 58.0 Å². The van der Waals surface area contributed by atoms with Gasteiger partial charge >= 0.3 is 5.69 Å². The summed E-state index contributed by atoms with van der Waals surface area (Å²) in [5.41, 5.74) is 1.70. The van der Waals surface area contributed by atoms with E-state index in [4.69, 9.17) is 11.6 Å². The van der Waals surface area contributed by atoms with E-state index in [1.807, 2.05) is 0 Å². The highest BCUT2D eigenvalue weighted by Gasteiger charge is 2.11. The van der Waals surface area contributed by atoms with Crippen LogP contribution in [0.1, 0.15) is 0 Å². The zero-order valence-electron chi connectivity index (χ0n) is 9.22. The number of nitrogens with zero attached hydrogens (tertiary/aromatic N) is 1. The van der Waals surface area contributed by atoms with Crippen LogP contribution in [0.25, 0.3) is 16.7 Å². The molecule has 4 nitrogen and oxygen atoms in total. The van der Waals surface area contributed by atoms with E-state index in [0.29, 0.717) is 21.7 Å². The number of para-hydroxylation sites is 1. The molecular weight excluding hydrogens is 252 g/mol. The fourth-order valence-electron chi connectivity index (χ4n) is 1.96. The van der Waals surface area contributed by atoms with Gasteiger partial charge in [-0.15, -0.1) is 0 Å². The lowest BCUT2D eigenvalue weighted by Crippen LogP contribution is -2.14. The van der Waals surface area contributed by atoms with Gasteiger partial charge in [0.15, 0.2) is 0 Å². The highest BCUT2D eigenvalue weighted by atomic mass is 35.5. The first-order valence-electron chi connectivity index (χ1n) is 5.35. The summed E-state index contributed by atoms with van der Waals surface area (Å²) >= 11 is 6.13. The van der Waals surface area contributed by atoms with Crippen LogP contribution in [0.5, 0.6) is 5.75 Å². The number of aromatic amines is 1. The Kier molecular flexibility index (Phi) is 2.38. The Balaban J connectivity index is 2.38. The van der Waals surface area contributed by atoms with Crippen LogP contribution in [0, 0.1) is 0 Å². The van der Waals surface area contributed by atoms with E-state index in [1.54, 1.807) is 30.3 Å². The standard InChI is InChI=1S/C13H9ClN2O2/c14-10-2-1-3-11-12(10)16(13(18)15-11)8-4-6-9(17)7-5-8/h1-7,17H,(H,15,18). The van der Waals surface area contributed by atoms with Gasteiger partial charge in [0.2, 0.25) is 0 Å². The Bertz CT molecular complexity index is 772. The Hall–Kier alpha value is -2.20. The van der Waals surface area contributed by atoms with Crippen molar-refractivity contribution in [1.82, 2.24) is 9.55 Å². The third kappa shape index (κ3) is 1.58. The zero-order valence-corrected chi connectivity index (χ0v) is 9.98. The average Bonchev–Trinajstić information content (AvgIpc) is 2.68. The van der Waals surface area contributed by atoms with Gasteiger partial charge in [0.25, 0.3) is 0 Å². The quantitative estimate of drug-likeness (QED) is 0.707. The maximum absolute atomic E-state index is 12.0. The van der Waals surface area contributed by atoms with Crippen LogP contribution < -0.4 is 5.69 Å². The van der Waals surface area contributed by atoms with Crippen molar-refractivity contribution in [3.8, 4) is 11.4 Å². The number of imidazole rings is 1. The van der Waals surface area contributed by atoms with Gasteiger partial charge in [-0.1, -0.05) is 17.7 Å². The van der Waals surface area contributed by atoms with E-state index >= 15 is 0 Å². The number of hydrogen-bond acceptors (Lipinski definition) is 2. The Morgan fingerprint density at radius 1 is 1.11 bits per heavy atom. The first-order valence-corrected chi connectivity index (χ1v) is 5.73. The fourth-order valence-corrected chi connectivity index (χ4v) is 2.22. The lowest BCUT2D eigenvalue weighted by atomic mass is 10.2. The van der Waals surface area contributed by atoms with E-state index in [2.05, 4.69) is 4.98 Å². The van der Waals surface area contributed by atoms with Gasteiger partial charge in [0, 0.05) is 0 Å². The van der Waals surface area contributed by atoms with E-state index in [9.17, 15) is 9.90 Å². The van der Waals surface area contributed by atoms with Crippen molar-refractivity contribution in [1.29, 1.82) is 0 Å². The lowest BCUT2D eigenvalue weighted by Gasteiger charge is -2.04. The SMILES string of the molecule is O=c1[nH]c2cccc(Cl)c2n1-c1ccc(O)cc1. The number of aromatic hydroxyl groups is 1. The molecule has 0 aliphatic heterocycles. The van der Waals surface area contributed by atoms with E-state index in [1.165, 1.54) is 16.7 Å². The number of halogens is 1. The number of aromatic nitrogens is 2. The molecule has 0 saturated heterocycles. The van der Waals surface area contributed by atoms with E-state index in [0.717, 1.165) is 0 Å². The summed E-state index contributed by atoms with van der Waals surface area (Å²) in [4.78, 5) is 14.7. The summed E-state index contributed by atoms with van der Waals surface area (Å²) in [6.07, 6.45) is 0. The van der Waals surface area contributed by atoms with Crippen LogP contribution in [-0.4, -0.2) is 14.7 Å². The molecule has 18 heavy (non-hydrogen) atoms. The minimum atomic E-state index is -0.260. The Morgan fingerprint density at radius 3 is 2.56 bits per heavy atom. The molecule has 0 bridgehead atoms. The summed E-state index contributed by atoms with van der Waals surface area (Å²) in [5.74, 6) is 0.151. The van der Waals surface area contributed by atoms with E-state index in [-0.39, 0.29) is 11.4 Å². The van der Waals surface area contributed by atoms with Crippen molar-refractivity contribution in [2.75, 3.05) is 0 Å². The van der Waals surface area contributed by atoms with Gasteiger partial charge in [-0.2, -0.15) is 0 Å².